The highest BCUT2D eigenvalue weighted by molar-refractivity contribution is 7.84. The molecule has 0 saturated carbocycles. The third kappa shape index (κ3) is 4.28. The van der Waals surface area contributed by atoms with E-state index in [-0.39, 0.29) is 10.8 Å². The number of hydrogen-bond donors (Lipinski definition) is 1. The summed E-state index contributed by atoms with van der Waals surface area (Å²) in [4.78, 5) is 0. The Balaban J connectivity index is 2.96. The molecule has 4 nitrogen and oxygen atoms in total. The first-order valence-electron chi connectivity index (χ1n) is 6.62. The van der Waals surface area contributed by atoms with Gasteiger partial charge in [-0.2, -0.15) is 5.10 Å². The lowest BCUT2D eigenvalue weighted by atomic mass is 10.1. The lowest BCUT2D eigenvalue weighted by Gasteiger charge is -2.23. The summed E-state index contributed by atoms with van der Waals surface area (Å²) < 4.78 is 17.1. The van der Waals surface area contributed by atoms with Crippen LogP contribution >= 0.6 is 0 Å². The van der Waals surface area contributed by atoms with Crippen LogP contribution in [-0.4, -0.2) is 18.7 Å². The molecule has 0 aliphatic rings. The molecule has 1 heterocycles. The van der Waals surface area contributed by atoms with Gasteiger partial charge in [-0.05, 0) is 41.0 Å². The summed E-state index contributed by atoms with van der Waals surface area (Å²) in [5.74, 6) is 0. The van der Waals surface area contributed by atoms with E-state index in [0.29, 0.717) is 0 Å². The summed E-state index contributed by atoms with van der Waals surface area (Å²) in [7, 11) is -1.11. The topological polar surface area (TPSA) is 46.9 Å². The van der Waals surface area contributed by atoms with Crippen molar-refractivity contribution in [3.05, 3.63) is 30.1 Å². The smallest absolute Gasteiger partial charge is 0.0976 e. The molecule has 0 spiro atoms. The average Bonchev–Trinajstić information content (AvgIpc) is 2.68. The van der Waals surface area contributed by atoms with Crippen LogP contribution in [0.2, 0.25) is 0 Å². The standard InChI is InChI=1S/C14H25N3OS/c1-7-9-13(16-19(18)14(4,5)6)12-10-17(8-2)15-11(12)3/h7,10,13,16H,1,8-9H2,2-6H3/t13-,19?/m0/s1. The second kappa shape index (κ2) is 6.48. The molecule has 1 aromatic heterocycles. The zero-order chi connectivity index (χ0) is 14.6. The number of nitrogens with zero attached hydrogens (tertiary/aromatic N) is 2. The van der Waals surface area contributed by atoms with Crippen molar-refractivity contribution in [3.8, 4) is 0 Å². The van der Waals surface area contributed by atoms with Gasteiger partial charge < -0.3 is 0 Å². The first kappa shape index (κ1) is 16.1. The molecule has 0 saturated heterocycles. The Hall–Kier alpha value is -0.940. The van der Waals surface area contributed by atoms with E-state index >= 15 is 0 Å². The maximum absolute atomic E-state index is 12.2. The van der Waals surface area contributed by atoms with Gasteiger partial charge in [0.2, 0.25) is 0 Å². The summed E-state index contributed by atoms with van der Waals surface area (Å²) in [5.41, 5.74) is 2.08. The minimum absolute atomic E-state index is 0.00198. The van der Waals surface area contributed by atoms with Crippen LogP contribution in [0.4, 0.5) is 0 Å². The van der Waals surface area contributed by atoms with E-state index in [9.17, 15) is 4.21 Å². The fourth-order valence-corrected chi connectivity index (χ4v) is 2.58. The summed E-state index contributed by atoms with van der Waals surface area (Å²) in [6, 6.07) is -0.00198. The van der Waals surface area contributed by atoms with Crippen LogP contribution in [0.15, 0.2) is 18.9 Å². The predicted octanol–water partition coefficient (Wildman–Crippen LogP) is 2.88. The van der Waals surface area contributed by atoms with Gasteiger partial charge in [0.15, 0.2) is 0 Å². The quantitative estimate of drug-likeness (QED) is 0.816. The van der Waals surface area contributed by atoms with E-state index in [2.05, 4.69) is 23.3 Å². The van der Waals surface area contributed by atoms with Gasteiger partial charge in [-0.1, -0.05) is 6.08 Å². The maximum atomic E-state index is 12.2. The highest BCUT2D eigenvalue weighted by Crippen LogP contribution is 2.23. The summed E-state index contributed by atoms with van der Waals surface area (Å²) in [5, 5.41) is 4.45. The maximum Gasteiger partial charge on any atom is 0.0976 e. The van der Waals surface area contributed by atoms with Gasteiger partial charge in [-0.15, -0.1) is 6.58 Å². The Morgan fingerprint density at radius 1 is 1.58 bits per heavy atom. The molecule has 19 heavy (non-hydrogen) atoms. The Labute approximate surface area is 118 Å². The minimum atomic E-state index is -1.11. The van der Waals surface area contributed by atoms with Crippen molar-refractivity contribution in [1.82, 2.24) is 14.5 Å². The highest BCUT2D eigenvalue weighted by Gasteiger charge is 2.24. The Morgan fingerprint density at radius 3 is 2.63 bits per heavy atom. The van der Waals surface area contributed by atoms with E-state index < -0.39 is 11.0 Å². The second-order valence-electron chi connectivity index (χ2n) is 5.60. The summed E-state index contributed by atoms with van der Waals surface area (Å²) in [6.07, 6.45) is 4.61. The molecule has 2 atom stereocenters. The fourth-order valence-electron chi connectivity index (χ4n) is 1.75. The average molecular weight is 283 g/mol. The molecule has 108 valence electrons. The van der Waals surface area contributed by atoms with Crippen molar-refractivity contribution >= 4 is 11.0 Å². The van der Waals surface area contributed by atoms with Crippen LogP contribution in [0, 0.1) is 6.92 Å². The van der Waals surface area contributed by atoms with E-state index in [1.165, 1.54) is 0 Å². The molecule has 0 aromatic carbocycles. The molecule has 0 amide bonds. The lowest BCUT2D eigenvalue weighted by Crippen LogP contribution is -2.35. The third-order valence-corrected chi connectivity index (χ3v) is 4.50. The second-order valence-corrected chi connectivity index (χ2v) is 7.60. The lowest BCUT2D eigenvalue weighted by molar-refractivity contribution is 0.599. The van der Waals surface area contributed by atoms with E-state index in [0.717, 1.165) is 24.2 Å². The monoisotopic (exact) mass is 283 g/mol. The summed E-state index contributed by atoms with van der Waals surface area (Å²) in [6.45, 7) is 14.5. The van der Waals surface area contributed by atoms with Crippen LogP contribution in [0.3, 0.4) is 0 Å². The number of aromatic nitrogens is 2. The van der Waals surface area contributed by atoms with Gasteiger partial charge >= 0.3 is 0 Å². The number of rotatable bonds is 6. The molecular weight excluding hydrogens is 258 g/mol. The van der Waals surface area contributed by atoms with Crippen molar-refractivity contribution in [2.75, 3.05) is 0 Å². The van der Waals surface area contributed by atoms with Gasteiger partial charge in [0.1, 0.15) is 0 Å². The first-order chi connectivity index (χ1) is 8.79. The third-order valence-electron chi connectivity index (χ3n) is 2.89. The van der Waals surface area contributed by atoms with Crippen molar-refractivity contribution in [1.29, 1.82) is 0 Å². The van der Waals surface area contributed by atoms with Crippen molar-refractivity contribution < 1.29 is 4.21 Å². The molecule has 0 aliphatic heterocycles. The molecule has 0 fully saturated rings. The molecule has 1 aromatic rings. The molecular formula is C14H25N3OS. The van der Waals surface area contributed by atoms with Crippen LogP contribution in [0.1, 0.15) is 51.4 Å². The zero-order valence-electron chi connectivity index (χ0n) is 12.6. The fraction of sp³-hybridized carbons (Fsp3) is 0.643. The zero-order valence-corrected chi connectivity index (χ0v) is 13.4. The van der Waals surface area contributed by atoms with Gasteiger partial charge in [-0.25, -0.2) is 8.93 Å². The highest BCUT2D eigenvalue weighted by atomic mass is 32.2. The Kier molecular flexibility index (Phi) is 5.50. The van der Waals surface area contributed by atoms with Crippen LogP contribution < -0.4 is 4.72 Å². The Bertz CT molecular complexity index is 460. The van der Waals surface area contributed by atoms with Gasteiger partial charge in [-0.3, -0.25) is 4.68 Å². The molecule has 5 heteroatoms. The molecule has 1 rings (SSSR count). The summed E-state index contributed by atoms with van der Waals surface area (Å²) >= 11 is 0. The van der Waals surface area contributed by atoms with Crippen LogP contribution in [-0.2, 0) is 17.5 Å². The van der Waals surface area contributed by atoms with Crippen molar-refractivity contribution in [2.24, 2.45) is 0 Å². The molecule has 0 aliphatic carbocycles. The van der Waals surface area contributed by atoms with E-state index in [4.69, 9.17) is 0 Å². The molecule has 0 bridgehead atoms. The number of hydrogen-bond acceptors (Lipinski definition) is 2. The van der Waals surface area contributed by atoms with Crippen molar-refractivity contribution in [2.45, 2.75) is 58.4 Å². The van der Waals surface area contributed by atoms with Gasteiger partial charge in [0.25, 0.3) is 0 Å². The van der Waals surface area contributed by atoms with Gasteiger partial charge in [0.05, 0.1) is 27.5 Å². The minimum Gasteiger partial charge on any atom is -0.272 e. The SMILES string of the molecule is C=CC[C@H](NS(=O)C(C)(C)C)c1cn(CC)nc1C. The molecule has 0 radical (unpaired) electrons. The molecule has 1 unspecified atom stereocenters. The van der Waals surface area contributed by atoms with Gasteiger partial charge in [0, 0.05) is 18.3 Å². The van der Waals surface area contributed by atoms with Crippen molar-refractivity contribution in [3.63, 3.8) is 0 Å². The molecule has 1 N–H and O–H groups in total. The largest absolute Gasteiger partial charge is 0.272 e. The Morgan fingerprint density at radius 2 is 2.21 bits per heavy atom. The van der Waals surface area contributed by atoms with Crippen LogP contribution in [0.25, 0.3) is 0 Å². The van der Waals surface area contributed by atoms with E-state index in [1.54, 1.807) is 0 Å². The predicted molar refractivity (Wildman–Crippen MR) is 81.2 cm³/mol. The van der Waals surface area contributed by atoms with E-state index in [1.807, 2.05) is 44.6 Å². The van der Waals surface area contributed by atoms with Crippen LogP contribution in [0.5, 0.6) is 0 Å². The number of aryl methyl sites for hydroxylation is 2. The number of nitrogens with one attached hydrogen (secondary N) is 1. The first-order valence-corrected chi connectivity index (χ1v) is 7.77. The normalized spacial score (nSPS) is 15.2.